The molecule has 0 aliphatic heterocycles. The van der Waals surface area contributed by atoms with E-state index >= 15 is 0 Å². The summed E-state index contributed by atoms with van der Waals surface area (Å²) in [7, 11) is 0. The summed E-state index contributed by atoms with van der Waals surface area (Å²) in [5, 5.41) is 12.3. The van der Waals surface area contributed by atoms with Crippen LogP contribution in [0.4, 0.5) is 5.69 Å². The first kappa shape index (κ1) is 11.4. The minimum atomic E-state index is -0.0696. The average molecular weight is 280 g/mol. The van der Waals surface area contributed by atoms with Gasteiger partial charge in [0, 0.05) is 16.6 Å². The van der Waals surface area contributed by atoms with E-state index in [1.54, 1.807) is 0 Å². The third-order valence-corrected chi connectivity index (χ3v) is 3.58. The number of nitrogens with zero attached hydrogens (tertiary/aromatic N) is 1. The van der Waals surface area contributed by atoms with Crippen molar-refractivity contribution < 1.29 is 0 Å². The second-order valence-corrected chi connectivity index (χ2v) is 5.29. The highest BCUT2D eigenvalue weighted by Crippen LogP contribution is 2.30. The zero-order valence-electron chi connectivity index (χ0n) is 8.96. The van der Waals surface area contributed by atoms with Crippen LogP contribution >= 0.6 is 15.9 Å². The maximum atomic E-state index is 9.00. The van der Waals surface area contributed by atoms with Crippen LogP contribution in [0.1, 0.15) is 24.8 Å². The van der Waals surface area contributed by atoms with Crippen LogP contribution in [0.5, 0.6) is 0 Å². The molecule has 1 aliphatic carbocycles. The van der Waals surface area contributed by atoms with E-state index < -0.39 is 0 Å². The molecule has 3 N–H and O–H groups in total. The van der Waals surface area contributed by atoms with Crippen LogP contribution in [0.2, 0.25) is 0 Å². The molecule has 1 aromatic carbocycles. The third kappa shape index (κ3) is 2.37. The highest BCUT2D eigenvalue weighted by Gasteiger charge is 2.32. The number of hydrogen-bond acceptors (Lipinski definition) is 3. The van der Waals surface area contributed by atoms with Gasteiger partial charge in [0.25, 0.3) is 0 Å². The minimum absolute atomic E-state index is 0.0696. The normalized spacial score (nSPS) is 17.3. The van der Waals surface area contributed by atoms with Crippen LogP contribution in [0.25, 0.3) is 0 Å². The first-order chi connectivity index (χ1) is 7.63. The standard InChI is InChI=1S/C12H14BrN3/c13-10-2-3-11(9(6-10)7-14)16-8-12(15)4-1-5-12/h2-3,6,16H,1,4-5,8,15H2. The number of nitrogens with two attached hydrogens (primary N) is 1. The number of nitrogens with one attached hydrogen (secondary N) is 1. The summed E-state index contributed by atoms with van der Waals surface area (Å²) in [4.78, 5) is 0. The lowest BCUT2D eigenvalue weighted by atomic mass is 9.78. The fourth-order valence-electron chi connectivity index (χ4n) is 1.84. The Hall–Kier alpha value is -1.05. The number of nitriles is 1. The summed E-state index contributed by atoms with van der Waals surface area (Å²) in [6, 6.07) is 7.82. The predicted molar refractivity (Wildman–Crippen MR) is 68.1 cm³/mol. The Morgan fingerprint density at radius 1 is 1.50 bits per heavy atom. The first-order valence-electron chi connectivity index (χ1n) is 5.35. The Kier molecular flexibility index (Phi) is 3.17. The second-order valence-electron chi connectivity index (χ2n) is 4.37. The smallest absolute Gasteiger partial charge is 0.101 e. The lowest BCUT2D eigenvalue weighted by Gasteiger charge is -2.38. The van der Waals surface area contributed by atoms with E-state index in [1.165, 1.54) is 6.42 Å². The SMILES string of the molecule is N#Cc1cc(Br)ccc1NCC1(N)CCC1. The molecule has 1 aromatic rings. The Labute approximate surface area is 104 Å². The molecule has 0 bridgehead atoms. The number of halogens is 1. The molecule has 1 aliphatic rings. The van der Waals surface area contributed by atoms with Crippen LogP contribution in [-0.4, -0.2) is 12.1 Å². The summed E-state index contributed by atoms with van der Waals surface area (Å²) in [5.74, 6) is 0. The van der Waals surface area contributed by atoms with Crippen molar-refractivity contribution in [2.24, 2.45) is 5.73 Å². The van der Waals surface area contributed by atoms with Crippen LogP contribution in [-0.2, 0) is 0 Å². The van der Waals surface area contributed by atoms with Gasteiger partial charge in [-0.15, -0.1) is 0 Å². The van der Waals surface area contributed by atoms with Crippen molar-refractivity contribution in [2.45, 2.75) is 24.8 Å². The van der Waals surface area contributed by atoms with Crippen LogP contribution in [0, 0.1) is 11.3 Å². The highest BCUT2D eigenvalue weighted by atomic mass is 79.9. The Morgan fingerprint density at radius 2 is 2.25 bits per heavy atom. The Balaban J connectivity index is 2.07. The third-order valence-electron chi connectivity index (χ3n) is 3.08. The van der Waals surface area contributed by atoms with Gasteiger partial charge in [-0.2, -0.15) is 5.26 Å². The van der Waals surface area contributed by atoms with Crippen molar-refractivity contribution in [3.8, 4) is 6.07 Å². The molecule has 16 heavy (non-hydrogen) atoms. The zero-order valence-corrected chi connectivity index (χ0v) is 10.5. The van der Waals surface area contributed by atoms with Gasteiger partial charge in [-0.05, 0) is 37.5 Å². The molecule has 2 rings (SSSR count). The topological polar surface area (TPSA) is 61.8 Å². The Morgan fingerprint density at radius 3 is 2.81 bits per heavy atom. The molecule has 0 saturated heterocycles. The van der Waals surface area contributed by atoms with Gasteiger partial charge in [0.1, 0.15) is 6.07 Å². The number of benzene rings is 1. The highest BCUT2D eigenvalue weighted by molar-refractivity contribution is 9.10. The van der Waals surface area contributed by atoms with Gasteiger partial charge in [0.15, 0.2) is 0 Å². The molecular formula is C12H14BrN3. The quantitative estimate of drug-likeness (QED) is 0.894. The maximum Gasteiger partial charge on any atom is 0.101 e. The summed E-state index contributed by atoms with van der Waals surface area (Å²) < 4.78 is 0.917. The van der Waals surface area contributed by atoms with Gasteiger partial charge >= 0.3 is 0 Å². The average Bonchev–Trinajstić information content (AvgIpc) is 2.24. The van der Waals surface area contributed by atoms with Crippen molar-refractivity contribution in [1.82, 2.24) is 0 Å². The summed E-state index contributed by atoms with van der Waals surface area (Å²) in [5.41, 5.74) is 7.56. The molecular weight excluding hydrogens is 266 g/mol. The second kappa shape index (κ2) is 4.44. The monoisotopic (exact) mass is 279 g/mol. The van der Waals surface area contributed by atoms with Crippen molar-refractivity contribution in [3.05, 3.63) is 28.2 Å². The van der Waals surface area contributed by atoms with Gasteiger partial charge in [-0.1, -0.05) is 15.9 Å². The molecule has 1 fully saturated rings. The molecule has 0 spiro atoms. The molecule has 0 radical (unpaired) electrons. The molecule has 0 heterocycles. The van der Waals surface area contributed by atoms with Crippen LogP contribution in [0.15, 0.2) is 22.7 Å². The van der Waals surface area contributed by atoms with Gasteiger partial charge in [0.05, 0.1) is 11.3 Å². The first-order valence-corrected chi connectivity index (χ1v) is 6.15. The van der Waals surface area contributed by atoms with Crippen molar-refractivity contribution in [1.29, 1.82) is 5.26 Å². The summed E-state index contributed by atoms with van der Waals surface area (Å²) in [6.07, 6.45) is 3.35. The van der Waals surface area contributed by atoms with Crippen molar-refractivity contribution >= 4 is 21.6 Å². The maximum absolute atomic E-state index is 9.00. The van der Waals surface area contributed by atoms with Crippen LogP contribution in [0.3, 0.4) is 0 Å². The molecule has 1 saturated carbocycles. The fraction of sp³-hybridized carbons (Fsp3) is 0.417. The molecule has 84 valence electrons. The van der Waals surface area contributed by atoms with E-state index in [1.807, 2.05) is 18.2 Å². The predicted octanol–water partition coefficient (Wildman–Crippen LogP) is 2.61. The largest absolute Gasteiger partial charge is 0.382 e. The van der Waals surface area contributed by atoms with E-state index in [0.717, 1.165) is 29.5 Å². The van der Waals surface area contributed by atoms with E-state index in [9.17, 15) is 0 Å². The van der Waals surface area contributed by atoms with E-state index in [4.69, 9.17) is 11.0 Å². The number of rotatable bonds is 3. The van der Waals surface area contributed by atoms with Crippen molar-refractivity contribution in [2.75, 3.05) is 11.9 Å². The van der Waals surface area contributed by atoms with Crippen molar-refractivity contribution in [3.63, 3.8) is 0 Å². The molecule has 0 unspecified atom stereocenters. The van der Waals surface area contributed by atoms with Crippen LogP contribution < -0.4 is 11.1 Å². The minimum Gasteiger partial charge on any atom is -0.382 e. The molecule has 0 aromatic heterocycles. The van der Waals surface area contributed by atoms with E-state index in [0.29, 0.717) is 5.56 Å². The van der Waals surface area contributed by atoms with E-state index in [-0.39, 0.29) is 5.54 Å². The van der Waals surface area contributed by atoms with Gasteiger partial charge < -0.3 is 11.1 Å². The lowest BCUT2D eigenvalue weighted by molar-refractivity contribution is 0.265. The van der Waals surface area contributed by atoms with Gasteiger partial charge in [-0.3, -0.25) is 0 Å². The summed E-state index contributed by atoms with van der Waals surface area (Å²) >= 11 is 3.35. The Bertz CT molecular complexity index is 432. The fourth-order valence-corrected chi connectivity index (χ4v) is 2.20. The molecule has 0 amide bonds. The van der Waals surface area contributed by atoms with Gasteiger partial charge in [0.2, 0.25) is 0 Å². The molecule has 0 atom stereocenters. The molecule has 3 nitrogen and oxygen atoms in total. The van der Waals surface area contributed by atoms with E-state index in [2.05, 4.69) is 27.3 Å². The lowest BCUT2D eigenvalue weighted by Crippen LogP contribution is -2.52. The number of hydrogen-bond donors (Lipinski definition) is 2. The number of anilines is 1. The van der Waals surface area contributed by atoms with Gasteiger partial charge in [-0.25, -0.2) is 0 Å². The summed E-state index contributed by atoms with van der Waals surface area (Å²) in [6.45, 7) is 0.739. The zero-order chi connectivity index (χ0) is 11.6. The molecule has 4 heteroatoms.